The van der Waals surface area contributed by atoms with Crippen molar-refractivity contribution in [2.24, 2.45) is 5.73 Å². The van der Waals surface area contributed by atoms with Crippen LogP contribution in [-0.2, 0) is 11.3 Å². The highest BCUT2D eigenvalue weighted by molar-refractivity contribution is 5.32. The van der Waals surface area contributed by atoms with Crippen LogP contribution in [0.3, 0.4) is 0 Å². The minimum atomic E-state index is -0.0655. The van der Waals surface area contributed by atoms with Gasteiger partial charge in [0.05, 0.1) is 19.3 Å². The van der Waals surface area contributed by atoms with E-state index in [1.54, 1.807) is 0 Å². The van der Waals surface area contributed by atoms with Crippen LogP contribution in [0, 0.1) is 13.8 Å². The molecule has 2 N–H and O–H groups in total. The molecule has 0 amide bonds. The molecule has 2 heteroatoms. The lowest BCUT2D eigenvalue weighted by Gasteiger charge is -2.15. The summed E-state index contributed by atoms with van der Waals surface area (Å²) in [5.41, 5.74) is 11.0. The van der Waals surface area contributed by atoms with Gasteiger partial charge in [-0.1, -0.05) is 54.1 Å². The van der Waals surface area contributed by atoms with Crippen molar-refractivity contribution in [2.75, 3.05) is 6.61 Å². The van der Waals surface area contributed by atoms with Crippen LogP contribution < -0.4 is 5.73 Å². The van der Waals surface area contributed by atoms with E-state index in [9.17, 15) is 0 Å². The summed E-state index contributed by atoms with van der Waals surface area (Å²) in [7, 11) is 0. The van der Waals surface area contributed by atoms with Gasteiger partial charge in [-0.3, -0.25) is 0 Å². The van der Waals surface area contributed by atoms with Crippen molar-refractivity contribution in [1.29, 1.82) is 0 Å². The van der Waals surface area contributed by atoms with Crippen molar-refractivity contribution >= 4 is 0 Å². The molecule has 0 heterocycles. The quantitative estimate of drug-likeness (QED) is 0.887. The standard InChI is InChI=1S/C17H21NO/c1-13-8-9-16(14(2)10-13)17(18)12-19-11-15-6-4-3-5-7-15/h3-10,17H,11-12,18H2,1-2H3. The Balaban J connectivity index is 1.89. The Morgan fingerprint density at radius 2 is 1.79 bits per heavy atom. The molecule has 0 aliphatic heterocycles. The van der Waals surface area contributed by atoms with E-state index < -0.39 is 0 Å². The topological polar surface area (TPSA) is 35.2 Å². The lowest BCUT2D eigenvalue weighted by atomic mass is 10.0. The van der Waals surface area contributed by atoms with Crippen molar-refractivity contribution < 1.29 is 4.74 Å². The van der Waals surface area contributed by atoms with Crippen molar-refractivity contribution in [3.8, 4) is 0 Å². The fourth-order valence-corrected chi connectivity index (χ4v) is 2.21. The lowest BCUT2D eigenvalue weighted by Crippen LogP contribution is -2.18. The predicted octanol–water partition coefficient (Wildman–Crippen LogP) is 3.52. The van der Waals surface area contributed by atoms with E-state index in [4.69, 9.17) is 10.5 Å². The van der Waals surface area contributed by atoms with Crippen molar-refractivity contribution in [2.45, 2.75) is 26.5 Å². The molecule has 0 bridgehead atoms. The third-order valence-electron chi connectivity index (χ3n) is 3.23. The zero-order chi connectivity index (χ0) is 13.7. The van der Waals surface area contributed by atoms with E-state index in [2.05, 4.69) is 44.2 Å². The molecular formula is C17H21NO. The Hall–Kier alpha value is -1.64. The molecule has 2 nitrogen and oxygen atoms in total. The maximum Gasteiger partial charge on any atom is 0.0717 e. The van der Waals surface area contributed by atoms with Gasteiger partial charge >= 0.3 is 0 Å². The summed E-state index contributed by atoms with van der Waals surface area (Å²) in [6, 6.07) is 16.4. The van der Waals surface area contributed by atoms with Gasteiger partial charge in [-0.25, -0.2) is 0 Å². The molecule has 2 aromatic carbocycles. The molecule has 2 aromatic rings. The second-order valence-electron chi connectivity index (χ2n) is 4.97. The summed E-state index contributed by atoms with van der Waals surface area (Å²) in [5, 5.41) is 0. The highest BCUT2D eigenvalue weighted by Crippen LogP contribution is 2.17. The van der Waals surface area contributed by atoms with Gasteiger partial charge in [0, 0.05) is 0 Å². The fourth-order valence-electron chi connectivity index (χ4n) is 2.21. The molecule has 0 aliphatic carbocycles. The van der Waals surface area contributed by atoms with E-state index in [-0.39, 0.29) is 6.04 Å². The van der Waals surface area contributed by atoms with Crippen LogP contribution in [0.15, 0.2) is 48.5 Å². The molecule has 0 saturated carbocycles. The number of hydrogen-bond donors (Lipinski definition) is 1. The second kappa shape index (κ2) is 6.50. The van der Waals surface area contributed by atoms with Gasteiger partial charge in [0.15, 0.2) is 0 Å². The molecule has 0 spiro atoms. The van der Waals surface area contributed by atoms with Gasteiger partial charge in [0.25, 0.3) is 0 Å². The third-order valence-corrected chi connectivity index (χ3v) is 3.23. The summed E-state index contributed by atoms with van der Waals surface area (Å²) < 4.78 is 5.70. The number of aryl methyl sites for hydroxylation is 2. The fraction of sp³-hybridized carbons (Fsp3) is 0.294. The van der Waals surface area contributed by atoms with Crippen molar-refractivity contribution in [3.05, 3.63) is 70.8 Å². The number of rotatable bonds is 5. The Labute approximate surface area is 115 Å². The normalized spacial score (nSPS) is 12.4. The summed E-state index contributed by atoms with van der Waals surface area (Å²) in [4.78, 5) is 0. The van der Waals surface area contributed by atoms with E-state index in [0.717, 1.165) is 0 Å². The van der Waals surface area contributed by atoms with E-state index in [1.165, 1.54) is 22.3 Å². The van der Waals surface area contributed by atoms with Crippen LogP contribution in [0.5, 0.6) is 0 Å². The first-order chi connectivity index (χ1) is 9.16. The van der Waals surface area contributed by atoms with Crippen LogP contribution in [0.4, 0.5) is 0 Å². The SMILES string of the molecule is Cc1ccc(C(N)COCc2ccccc2)c(C)c1. The number of hydrogen-bond acceptors (Lipinski definition) is 2. The minimum absolute atomic E-state index is 0.0655. The Bertz CT molecular complexity index is 522. The van der Waals surface area contributed by atoms with Crippen molar-refractivity contribution in [1.82, 2.24) is 0 Å². The van der Waals surface area contributed by atoms with E-state index in [0.29, 0.717) is 13.2 Å². The first-order valence-electron chi connectivity index (χ1n) is 6.61. The monoisotopic (exact) mass is 255 g/mol. The van der Waals surface area contributed by atoms with Gasteiger partial charge < -0.3 is 10.5 Å². The van der Waals surface area contributed by atoms with E-state index in [1.807, 2.05) is 18.2 Å². The molecule has 0 saturated heterocycles. The lowest BCUT2D eigenvalue weighted by molar-refractivity contribution is 0.108. The van der Waals surface area contributed by atoms with Crippen LogP contribution in [0.1, 0.15) is 28.3 Å². The third kappa shape index (κ3) is 3.91. The Kier molecular flexibility index (Phi) is 4.72. The van der Waals surface area contributed by atoms with Gasteiger partial charge in [-0.2, -0.15) is 0 Å². The first kappa shape index (κ1) is 13.8. The van der Waals surface area contributed by atoms with Crippen LogP contribution >= 0.6 is 0 Å². The first-order valence-corrected chi connectivity index (χ1v) is 6.61. The smallest absolute Gasteiger partial charge is 0.0717 e. The molecule has 0 radical (unpaired) electrons. The molecule has 0 aromatic heterocycles. The zero-order valence-electron chi connectivity index (χ0n) is 11.6. The summed E-state index contributed by atoms with van der Waals surface area (Å²) >= 11 is 0. The predicted molar refractivity (Wildman–Crippen MR) is 78.9 cm³/mol. The summed E-state index contributed by atoms with van der Waals surface area (Å²) in [5.74, 6) is 0. The van der Waals surface area contributed by atoms with Gasteiger partial charge in [0.1, 0.15) is 0 Å². The average molecular weight is 255 g/mol. The largest absolute Gasteiger partial charge is 0.375 e. The highest BCUT2D eigenvalue weighted by Gasteiger charge is 2.09. The Morgan fingerprint density at radius 3 is 2.47 bits per heavy atom. The molecule has 1 atom stereocenters. The maximum absolute atomic E-state index is 6.19. The summed E-state index contributed by atoms with van der Waals surface area (Å²) in [6.45, 7) is 5.34. The van der Waals surface area contributed by atoms with Crippen LogP contribution in [0.2, 0.25) is 0 Å². The van der Waals surface area contributed by atoms with Gasteiger partial charge in [-0.05, 0) is 30.5 Å². The maximum atomic E-state index is 6.19. The van der Waals surface area contributed by atoms with Crippen LogP contribution in [-0.4, -0.2) is 6.61 Å². The van der Waals surface area contributed by atoms with Gasteiger partial charge in [-0.15, -0.1) is 0 Å². The molecule has 0 fully saturated rings. The summed E-state index contributed by atoms with van der Waals surface area (Å²) in [6.07, 6.45) is 0. The average Bonchev–Trinajstić information content (AvgIpc) is 2.39. The Morgan fingerprint density at radius 1 is 1.05 bits per heavy atom. The molecule has 19 heavy (non-hydrogen) atoms. The van der Waals surface area contributed by atoms with Crippen molar-refractivity contribution in [3.63, 3.8) is 0 Å². The number of ether oxygens (including phenoxy) is 1. The highest BCUT2D eigenvalue weighted by atomic mass is 16.5. The minimum Gasteiger partial charge on any atom is -0.375 e. The second-order valence-corrected chi connectivity index (χ2v) is 4.97. The molecule has 1 unspecified atom stereocenters. The number of nitrogens with two attached hydrogens (primary N) is 1. The molecule has 0 aliphatic rings. The number of benzene rings is 2. The molecule has 2 rings (SSSR count). The zero-order valence-corrected chi connectivity index (χ0v) is 11.6. The van der Waals surface area contributed by atoms with E-state index >= 15 is 0 Å². The van der Waals surface area contributed by atoms with Gasteiger partial charge in [0.2, 0.25) is 0 Å². The molecule has 100 valence electrons. The van der Waals surface area contributed by atoms with Crippen LogP contribution in [0.25, 0.3) is 0 Å². The molecular weight excluding hydrogens is 234 g/mol.